The SMILES string of the molecule is COC(C[C@H]1CC[C@@]2(C)[C@H](O[Si](C)(C)C(C)(C)C)CC[C@@]2(O[Si](C)(C)C)[C@@H]1CO)OC. The van der Waals surface area contributed by atoms with Gasteiger partial charge in [-0.25, -0.2) is 0 Å². The van der Waals surface area contributed by atoms with Gasteiger partial charge in [-0.15, -0.1) is 0 Å². The molecule has 5 nitrogen and oxygen atoms in total. The predicted molar refractivity (Wildman–Crippen MR) is 132 cm³/mol. The van der Waals surface area contributed by atoms with Gasteiger partial charge in [0.25, 0.3) is 0 Å². The van der Waals surface area contributed by atoms with E-state index in [4.69, 9.17) is 18.3 Å². The summed E-state index contributed by atoms with van der Waals surface area (Å²) in [5, 5.41) is 10.9. The van der Waals surface area contributed by atoms with Crippen LogP contribution in [0.25, 0.3) is 0 Å². The zero-order valence-corrected chi connectivity index (χ0v) is 24.1. The minimum atomic E-state index is -1.92. The molecule has 0 spiro atoms. The summed E-state index contributed by atoms with van der Waals surface area (Å²) in [6.45, 7) is 21.0. The van der Waals surface area contributed by atoms with Crippen molar-refractivity contribution >= 4 is 16.6 Å². The highest BCUT2D eigenvalue weighted by molar-refractivity contribution is 6.74. The Morgan fingerprint density at radius 2 is 1.58 bits per heavy atom. The van der Waals surface area contributed by atoms with E-state index < -0.39 is 16.6 Å². The first-order valence-electron chi connectivity index (χ1n) is 12.1. The molecule has 0 bridgehead atoms. The minimum Gasteiger partial charge on any atom is -0.413 e. The average molecular weight is 475 g/mol. The number of aliphatic hydroxyl groups is 1. The molecule has 0 unspecified atom stereocenters. The number of hydrogen-bond acceptors (Lipinski definition) is 5. The molecule has 0 saturated heterocycles. The third-order valence-corrected chi connectivity index (χ3v) is 14.1. The summed E-state index contributed by atoms with van der Waals surface area (Å²) in [6, 6.07) is 0. The number of rotatable bonds is 9. The van der Waals surface area contributed by atoms with Crippen molar-refractivity contribution in [2.75, 3.05) is 20.8 Å². The Hall–Kier alpha value is 0.234. The van der Waals surface area contributed by atoms with Crippen LogP contribution < -0.4 is 0 Å². The second kappa shape index (κ2) is 9.47. The van der Waals surface area contributed by atoms with E-state index in [0.717, 1.165) is 32.1 Å². The third-order valence-electron chi connectivity index (χ3n) is 8.61. The third kappa shape index (κ3) is 5.33. The molecule has 2 aliphatic carbocycles. The molecule has 0 heterocycles. The average Bonchev–Trinajstić information content (AvgIpc) is 2.89. The number of aliphatic hydroxyl groups excluding tert-OH is 1. The van der Waals surface area contributed by atoms with Gasteiger partial charge in [-0.2, -0.15) is 0 Å². The summed E-state index contributed by atoms with van der Waals surface area (Å²) < 4.78 is 25.3. The van der Waals surface area contributed by atoms with Crippen LogP contribution in [0.5, 0.6) is 0 Å². The standard InChI is InChI=1S/C24H50O5Si2/c1-22(2,3)31(10,11)28-20-13-15-24(29-30(7,8)9)19(17-25)18(12-14-23(20,24)4)16-21(26-5)27-6/h18-21,25H,12-17H2,1-11H3/t18-,19-,20-,23+,24-/m1/s1. The lowest BCUT2D eigenvalue weighted by Gasteiger charge is -2.59. The zero-order chi connectivity index (χ0) is 23.9. The van der Waals surface area contributed by atoms with Crippen LogP contribution in [-0.2, 0) is 18.3 Å². The summed E-state index contributed by atoms with van der Waals surface area (Å²) in [4.78, 5) is 0. The molecule has 0 aromatic rings. The normalized spacial score (nSPS) is 34.9. The molecular formula is C24H50O5Si2. The van der Waals surface area contributed by atoms with E-state index in [1.165, 1.54) is 0 Å². The van der Waals surface area contributed by atoms with Gasteiger partial charge in [-0.1, -0.05) is 27.7 Å². The first-order valence-corrected chi connectivity index (χ1v) is 18.4. The maximum absolute atomic E-state index is 10.7. The Bertz CT molecular complexity index is 596. The van der Waals surface area contributed by atoms with E-state index in [0.29, 0.717) is 5.92 Å². The molecule has 5 atom stereocenters. The van der Waals surface area contributed by atoms with E-state index in [1.807, 2.05) is 0 Å². The van der Waals surface area contributed by atoms with Gasteiger partial charge in [0.05, 0.1) is 11.7 Å². The van der Waals surface area contributed by atoms with Crippen LogP contribution in [0.2, 0.25) is 37.8 Å². The van der Waals surface area contributed by atoms with Crippen LogP contribution in [0.3, 0.4) is 0 Å². The smallest absolute Gasteiger partial charge is 0.192 e. The second-order valence-electron chi connectivity index (χ2n) is 12.7. The van der Waals surface area contributed by atoms with Gasteiger partial charge in [0.15, 0.2) is 22.9 Å². The summed E-state index contributed by atoms with van der Waals surface area (Å²) >= 11 is 0. The highest BCUT2D eigenvalue weighted by atomic mass is 28.4. The van der Waals surface area contributed by atoms with E-state index in [9.17, 15) is 5.11 Å². The fourth-order valence-corrected chi connectivity index (χ4v) is 8.92. The first kappa shape index (κ1) is 27.5. The van der Waals surface area contributed by atoms with Gasteiger partial charge in [0.1, 0.15) is 0 Å². The molecule has 7 heteroatoms. The van der Waals surface area contributed by atoms with Gasteiger partial charge >= 0.3 is 0 Å². The number of fused-ring (bicyclic) bond motifs is 1. The first-order chi connectivity index (χ1) is 14.1. The van der Waals surface area contributed by atoms with Gasteiger partial charge in [-0.3, -0.25) is 0 Å². The monoisotopic (exact) mass is 474 g/mol. The molecule has 2 saturated carbocycles. The molecule has 0 aromatic carbocycles. The van der Waals surface area contributed by atoms with Crippen LogP contribution in [0.15, 0.2) is 0 Å². The van der Waals surface area contributed by atoms with Crippen LogP contribution >= 0.6 is 0 Å². The molecule has 31 heavy (non-hydrogen) atoms. The van der Waals surface area contributed by atoms with Crippen molar-refractivity contribution in [3.05, 3.63) is 0 Å². The molecule has 1 N–H and O–H groups in total. The molecule has 184 valence electrons. The maximum Gasteiger partial charge on any atom is 0.192 e. The lowest BCUT2D eigenvalue weighted by atomic mass is 9.56. The van der Waals surface area contributed by atoms with Gasteiger partial charge in [-0.05, 0) is 69.4 Å². The fraction of sp³-hybridized carbons (Fsp3) is 1.00. The van der Waals surface area contributed by atoms with Crippen molar-refractivity contribution in [2.24, 2.45) is 17.3 Å². The van der Waals surface area contributed by atoms with Crippen molar-refractivity contribution in [1.82, 2.24) is 0 Å². The Kier molecular flexibility index (Phi) is 8.39. The molecule has 2 rings (SSSR count). The molecule has 0 aromatic heterocycles. The van der Waals surface area contributed by atoms with Crippen LogP contribution in [0.4, 0.5) is 0 Å². The quantitative estimate of drug-likeness (QED) is 0.338. The minimum absolute atomic E-state index is 0.0683. The Labute approximate surface area is 193 Å². The summed E-state index contributed by atoms with van der Waals surface area (Å²) in [6.07, 6.45) is 4.79. The summed E-state index contributed by atoms with van der Waals surface area (Å²) in [5.74, 6) is 0.379. The topological polar surface area (TPSA) is 57.2 Å². The highest BCUT2D eigenvalue weighted by Gasteiger charge is 2.66. The highest BCUT2D eigenvalue weighted by Crippen LogP contribution is 2.63. The van der Waals surface area contributed by atoms with Crippen molar-refractivity contribution in [3.8, 4) is 0 Å². The molecule has 0 aliphatic heterocycles. The van der Waals surface area contributed by atoms with Crippen LogP contribution in [0.1, 0.15) is 59.8 Å². The number of methoxy groups -OCH3 is 2. The summed E-state index contributed by atoms with van der Waals surface area (Å²) in [7, 11) is -0.399. The molecular weight excluding hydrogens is 424 g/mol. The fourth-order valence-electron chi connectivity index (χ4n) is 5.90. The molecule has 2 fully saturated rings. The van der Waals surface area contributed by atoms with Crippen molar-refractivity contribution < 1.29 is 23.4 Å². The van der Waals surface area contributed by atoms with Crippen molar-refractivity contribution in [2.45, 2.75) is 116 Å². The van der Waals surface area contributed by atoms with E-state index in [1.54, 1.807) is 14.2 Å². The van der Waals surface area contributed by atoms with Crippen molar-refractivity contribution in [1.29, 1.82) is 0 Å². The molecule has 2 aliphatic rings. The zero-order valence-electron chi connectivity index (χ0n) is 22.1. The maximum atomic E-state index is 10.7. The van der Waals surface area contributed by atoms with E-state index in [2.05, 4.69) is 60.4 Å². The number of hydrogen-bond donors (Lipinski definition) is 1. The van der Waals surface area contributed by atoms with E-state index >= 15 is 0 Å². The lowest BCUT2D eigenvalue weighted by Crippen LogP contribution is -2.64. The Balaban J connectivity index is 2.46. The van der Waals surface area contributed by atoms with Gasteiger partial charge < -0.3 is 23.4 Å². The summed E-state index contributed by atoms with van der Waals surface area (Å²) in [5.41, 5.74) is -0.448. The van der Waals surface area contributed by atoms with Gasteiger partial charge in [0.2, 0.25) is 0 Å². The van der Waals surface area contributed by atoms with Crippen molar-refractivity contribution in [3.63, 3.8) is 0 Å². The van der Waals surface area contributed by atoms with Gasteiger partial charge in [0, 0.05) is 38.6 Å². The number of ether oxygens (including phenoxy) is 2. The van der Waals surface area contributed by atoms with E-state index in [-0.39, 0.29) is 41.0 Å². The van der Waals surface area contributed by atoms with Crippen LogP contribution in [-0.4, -0.2) is 60.6 Å². The Morgan fingerprint density at radius 3 is 2.03 bits per heavy atom. The molecule has 0 radical (unpaired) electrons. The largest absolute Gasteiger partial charge is 0.413 e. The predicted octanol–water partition coefficient (Wildman–Crippen LogP) is 5.79. The lowest BCUT2D eigenvalue weighted by molar-refractivity contribution is -0.184. The van der Waals surface area contributed by atoms with Crippen LogP contribution in [0, 0.1) is 17.3 Å². The Morgan fingerprint density at radius 1 is 1.00 bits per heavy atom. The second-order valence-corrected chi connectivity index (χ2v) is 21.8. The molecule has 0 amide bonds.